The van der Waals surface area contributed by atoms with Crippen LogP contribution < -0.4 is 0 Å². The molecule has 5 heteroatoms. The topological polar surface area (TPSA) is 61.1 Å². The normalized spacial score (nSPS) is 13.1. The van der Waals surface area contributed by atoms with Gasteiger partial charge in [-0.1, -0.05) is 53.5 Å². The van der Waals surface area contributed by atoms with Crippen molar-refractivity contribution < 1.29 is 9.90 Å². The summed E-state index contributed by atoms with van der Waals surface area (Å²) >= 11 is 12.0. The minimum atomic E-state index is -0.956. The molecule has 0 saturated heterocycles. The summed E-state index contributed by atoms with van der Waals surface area (Å²) in [5.41, 5.74) is 1.42. The molecule has 2 atom stereocenters. The van der Waals surface area contributed by atoms with Gasteiger partial charge >= 0.3 is 5.97 Å². The number of halogens is 2. The van der Waals surface area contributed by atoms with Gasteiger partial charge < -0.3 is 5.11 Å². The third-order valence-electron chi connectivity index (χ3n) is 3.41. The van der Waals surface area contributed by atoms with E-state index in [0.29, 0.717) is 15.6 Å². The van der Waals surface area contributed by atoms with Crippen molar-refractivity contribution in [1.29, 1.82) is 5.26 Å². The fourth-order valence-corrected chi connectivity index (χ4v) is 3.01. The third-order valence-corrected chi connectivity index (χ3v) is 3.84. The number of carboxylic acids is 1. The molecule has 0 aliphatic rings. The maximum atomic E-state index is 11.2. The molecule has 2 rings (SSSR count). The quantitative estimate of drug-likeness (QED) is 0.849. The molecular weight excluding hydrogens is 321 g/mol. The van der Waals surface area contributed by atoms with E-state index in [1.807, 2.05) is 30.3 Å². The second-order valence-electron chi connectivity index (χ2n) is 4.92. The lowest BCUT2D eigenvalue weighted by Gasteiger charge is -2.21. The number of aliphatic carboxylic acids is 1. The Morgan fingerprint density at radius 2 is 1.68 bits per heavy atom. The van der Waals surface area contributed by atoms with Crippen LogP contribution in [0.15, 0.2) is 48.5 Å². The minimum Gasteiger partial charge on any atom is -0.481 e. The number of hydrogen-bond acceptors (Lipinski definition) is 2. The third kappa shape index (κ3) is 4.00. The van der Waals surface area contributed by atoms with E-state index in [1.54, 1.807) is 18.2 Å². The number of benzene rings is 2. The smallest absolute Gasteiger partial charge is 0.304 e. The zero-order chi connectivity index (χ0) is 16.1. The summed E-state index contributed by atoms with van der Waals surface area (Å²) in [6, 6.07) is 16.2. The van der Waals surface area contributed by atoms with Crippen molar-refractivity contribution in [1.82, 2.24) is 0 Å². The molecule has 0 saturated carbocycles. The van der Waals surface area contributed by atoms with Crippen molar-refractivity contribution >= 4 is 29.2 Å². The molecule has 0 fully saturated rings. The van der Waals surface area contributed by atoms with Gasteiger partial charge in [-0.2, -0.15) is 5.26 Å². The predicted octanol–water partition coefficient (Wildman–Crippen LogP) is 4.86. The van der Waals surface area contributed by atoms with E-state index < -0.39 is 17.8 Å². The van der Waals surface area contributed by atoms with Gasteiger partial charge in [0, 0.05) is 16.0 Å². The van der Waals surface area contributed by atoms with E-state index in [2.05, 4.69) is 6.07 Å². The Bertz CT molecular complexity index is 690. The molecule has 0 aliphatic heterocycles. The first-order valence-electron chi connectivity index (χ1n) is 6.63. The Morgan fingerprint density at radius 1 is 1.09 bits per heavy atom. The highest BCUT2D eigenvalue weighted by molar-refractivity contribution is 6.34. The molecule has 3 nitrogen and oxygen atoms in total. The van der Waals surface area contributed by atoms with Crippen LogP contribution in [-0.4, -0.2) is 11.1 Å². The largest absolute Gasteiger partial charge is 0.481 e. The zero-order valence-corrected chi connectivity index (χ0v) is 13.1. The molecule has 0 heterocycles. The summed E-state index contributed by atoms with van der Waals surface area (Å²) in [7, 11) is 0. The van der Waals surface area contributed by atoms with E-state index in [-0.39, 0.29) is 6.42 Å². The molecule has 2 aromatic carbocycles. The summed E-state index contributed by atoms with van der Waals surface area (Å²) in [4.78, 5) is 11.2. The lowest BCUT2D eigenvalue weighted by atomic mass is 9.80. The maximum Gasteiger partial charge on any atom is 0.304 e. The Morgan fingerprint density at radius 3 is 2.18 bits per heavy atom. The van der Waals surface area contributed by atoms with Crippen LogP contribution in [0, 0.1) is 11.3 Å². The van der Waals surface area contributed by atoms with Crippen molar-refractivity contribution in [2.45, 2.75) is 18.3 Å². The summed E-state index contributed by atoms with van der Waals surface area (Å²) < 4.78 is 0. The van der Waals surface area contributed by atoms with Gasteiger partial charge in [0.25, 0.3) is 0 Å². The second-order valence-corrected chi connectivity index (χ2v) is 5.80. The van der Waals surface area contributed by atoms with Crippen LogP contribution in [0.25, 0.3) is 0 Å². The molecule has 2 unspecified atom stereocenters. The first-order valence-corrected chi connectivity index (χ1v) is 7.39. The average Bonchev–Trinajstić information content (AvgIpc) is 2.46. The minimum absolute atomic E-state index is 0.146. The standard InChI is InChI=1S/C17H13Cl2NO2/c18-13-6-12(7-14(19)8-13)16(10-20)15(9-17(21)22)11-4-2-1-3-5-11/h1-8,15-16H,9H2,(H,21,22). The number of rotatable bonds is 5. The Kier molecular flexibility index (Phi) is 5.43. The SMILES string of the molecule is N#CC(c1cc(Cl)cc(Cl)c1)C(CC(=O)O)c1ccccc1. The van der Waals surface area contributed by atoms with Crippen molar-refractivity contribution in [3.63, 3.8) is 0 Å². The van der Waals surface area contributed by atoms with Crippen LogP contribution in [-0.2, 0) is 4.79 Å². The van der Waals surface area contributed by atoms with E-state index in [0.717, 1.165) is 5.56 Å². The average molecular weight is 334 g/mol. The molecule has 0 amide bonds. The number of nitriles is 1. The first kappa shape index (κ1) is 16.4. The molecule has 0 radical (unpaired) electrons. The van der Waals surface area contributed by atoms with Gasteiger partial charge in [0.1, 0.15) is 0 Å². The fourth-order valence-electron chi connectivity index (χ4n) is 2.47. The van der Waals surface area contributed by atoms with Crippen molar-refractivity contribution in [3.8, 4) is 6.07 Å². The molecule has 22 heavy (non-hydrogen) atoms. The summed E-state index contributed by atoms with van der Waals surface area (Å²) in [5, 5.41) is 19.6. The highest BCUT2D eigenvalue weighted by Gasteiger charge is 2.27. The number of hydrogen-bond donors (Lipinski definition) is 1. The van der Waals surface area contributed by atoms with Crippen LogP contribution >= 0.6 is 23.2 Å². The van der Waals surface area contributed by atoms with Gasteiger partial charge in [-0.25, -0.2) is 0 Å². The predicted molar refractivity (Wildman–Crippen MR) is 86.3 cm³/mol. The summed E-state index contributed by atoms with van der Waals surface area (Å²) in [6.07, 6.45) is -0.146. The van der Waals surface area contributed by atoms with Gasteiger partial charge in [0.2, 0.25) is 0 Å². The van der Waals surface area contributed by atoms with Gasteiger partial charge in [-0.05, 0) is 29.3 Å². The summed E-state index contributed by atoms with van der Waals surface area (Å²) in [5.74, 6) is -2.07. The number of carboxylic acid groups (broad SMARTS) is 1. The molecule has 0 bridgehead atoms. The van der Waals surface area contributed by atoms with Crippen molar-refractivity contribution in [2.75, 3.05) is 0 Å². The lowest BCUT2D eigenvalue weighted by Crippen LogP contribution is -2.14. The highest BCUT2D eigenvalue weighted by Crippen LogP contribution is 2.37. The molecule has 0 aliphatic carbocycles. The van der Waals surface area contributed by atoms with Crippen molar-refractivity contribution in [2.24, 2.45) is 0 Å². The van der Waals surface area contributed by atoms with Crippen LogP contribution in [0.1, 0.15) is 29.4 Å². The fraction of sp³-hybridized carbons (Fsp3) is 0.176. The van der Waals surface area contributed by atoms with E-state index >= 15 is 0 Å². The van der Waals surface area contributed by atoms with Crippen LogP contribution in [0.2, 0.25) is 10.0 Å². The van der Waals surface area contributed by atoms with Crippen molar-refractivity contribution in [3.05, 3.63) is 69.7 Å². The number of nitrogens with zero attached hydrogens (tertiary/aromatic N) is 1. The molecule has 0 spiro atoms. The molecular formula is C17H13Cl2NO2. The Labute approximate surface area is 138 Å². The van der Waals surface area contributed by atoms with Crippen LogP contribution in [0.3, 0.4) is 0 Å². The maximum absolute atomic E-state index is 11.2. The van der Waals surface area contributed by atoms with E-state index in [4.69, 9.17) is 23.2 Å². The number of carbonyl (C=O) groups is 1. The second kappa shape index (κ2) is 7.31. The van der Waals surface area contributed by atoms with Gasteiger partial charge in [0.15, 0.2) is 0 Å². The summed E-state index contributed by atoms with van der Waals surface area (Å²) in [6.45, 7) is 0. The Balaban J connectivity index is 2.48. The molecule has 0 aromatic heterocycles. The lowest BCUT2D eigenvalue weighted by molar-refractivity contribution is -0.137. The molecule has 2 aromatic rings. The zero-order valence-electron chi connectivity index (χ0n) is 11.5. The van der Waals surface area contributed by atoms with Crippen LogP contribution in [0.4, 0.5) is 0 Å². The molecule has 1 N–H and O–H groups in total. The van der Waals surface area contributed by atoms with Gasteiger partial charge in [-0.3, -0.25) is 4.79 Å². The highest BCUT2D eigenvalue weighted by atomic mass is 35.5. The van der Waals surface area contributed by atoms with Gasteiger partial charge in [-0.15, -0.1) is 0 Å². The van der Waals surface area contributed by atoms with E-state index in [9.17, 15) is 15.2 Å². The molecule has 112 valence electrons. The monoisotopic (exact) mass is 333 g/mol. The van der Waals surface area contributed by atoms with Gasteiger partial charge in [0.05, 0.1) is 18.4 Å². The van der Waals surface area contributed by atoms with Crippen LogP contribution in [0.5, 0.6) is 0 Å². The Hall–Kier alpha value is -2.02. The first-order chi connectivity index (χ1) is 10.5. The van der Waals surface area contributed by atoms with E-state index in [1.165, 1.54) is 0 Å².